The Hall–Kier alpha value is -1.43. The topological polar surface area (TPSA) is 94.0 Å². The van der Waals surface area contributed by atoms with Crippen LogP contribution in [0.5, 0.6) is 0 Å². The lowest BCUT2D eigenvalue weighted by atomic mass is 10.2. The van der Waals surface area contributed by atoms with E-state index in [0.717, 1.165) is 0 Å². The van der Waals surface area contributed by atoms with Crippen molar-refractivity contribution in [2.45, 2.75) is 25.8 Å². The second-order valence-corrected chi connectivity index (χ2v) is 3.85. The van der Waals surface area contributed by atoms with Gasteiger partial charge in [-0.1, -0.05) is 5.16 Å². The smallest absolute Gasteiger partial charge is 0.292 e. The lowest BCUT2D eigenvalue weighted by Crippen LogP contribution is -2.38. The molecule has 6 nitrogen and oxygen atoms in total. The van der Waals surface area contributed by atoms with Crippen molar-refractivity contribution < 1.29 is 9.32 Å². The van der Waals surface area contributed by atoms with Gasteiger partial charge >= 0.3 is 0 Å². The fraction of sp³-hybridized carbons (Fsp3) is 0.667. The molecular weight excluding hydrogens is 196 g/mol. The molecule has 1 aromatic rings. The van der Waals surface area contributed by atoms with Gasteiger partial charge < -0.3 is 15.6 Å². The SMILES string of the molecule is Cc1nc(C(=O)NCC(N)C2CC2)no1. The molecule has 3 N–H and O–H groups in total. The number of carbonyl (C=O) groups is 1. The molecule has 1 aliphatic carbocycles. The molecule has 82 valence electrons. The predicted octanol–water partition coefficient (Wildman–Crippen LogP) is -0.155. The minimum atomic E-state index is -0.331. The number of nitrogens with one attached hydrogen (secondary N) is 1. The average molecular weight is 210 g/mol. The van der Waals surface area contributed by atoms with Crippen LogP contribution >= 0.6 is 0 Å². The maximum absolute atomic E-state index is 11.5. The number of nitrogens with two attached hydrogens (primary N) is 1. The van der Waals surface area contributed by atoms with Gasteiger partial charge in [0.1, 0.15) is 0 Å². The molecule has 1 heterocycles. The second kappa shape index (κ2) is 3.98. The minimum absolute atomic E-state index is 0.0435. The van der Waals surface area contributed by atoms with Crippen LogP contribution in [-0.2, 0) is 0 Å². The molecule has 0 bridgehead atoms. The molecule has 0 aliphatic heterocycles. The Kier molecular flexibility index (Phi) is 2.68. The predicted molar refractivity (Wildman–Crippen MR) is 52.1 cm³/mol. The lowest BCUT2D eigenvalue weighted by Gasteiger charge is -2.09. The van der Waals surface area contributed by atoms with Gasteiger partial charge in [-0.15, -0.1) is 0 Å². The largest absolute Gasteiger partial charge is 0.348 e. The van der Waals surface area contributed by atoms with E-state index in [4.69, 9.17) is 10.3 Å². The summed E-state index contributed by atoms with van der Waals surface area (Å²) in [6.07, 6.45) is 2.33. The van der Waals surface area contributed by atoms with Crippen LogP contribution in [0.1, 0.15) is 29.4 Å². The van der Waals surface area contributed by atoms with Crippen LogP contribution in [0.25, 0.3) is 0 Å². The highest BCUT2D eigenvalue weighted by molar-refractivity contribution is 5.90. The lowest BCUT2D eigenvalue weighted by molar-refractivity contribution is 0.0937. The van der Waals surface area contributed by atoms with Gasteiger partial charge in [0.15, 0.2) is 0 Å². The maximum Gasteiger partial charge on any atom is 0.292 e. The molecule has 0 spiro atoms. The minimum Gasteiger partial charge on any atom is -0.348 e. The molecule has 6 heteroatoms. The van der Waals surface area contributed by atoms with E-state index in [1.807, 2.05) is 0 Å². The first kappa shape index (κ1) is 10.1. The van der Waals surface area contributed by atoms with E-state index in [2.05, 4.69) is 15.5 Å². The standard InChI is InChI=1S/C9H14N4O2/c1-5-12-8(13-15-5)9(14)11-4-7(10)6-2-3-6/h6-7H,2-4,10H2,1H3,(H,11,14). The first-order chi connectivity index (χ1) is 7.16. The van der Waals surface area contributed by atoms with Gasteiger partial charge in [0.05, 0.1) is 0 Å². The molecular formula is C9H14N4O2. The van der Waals surface area contributed by atoms with Crippen LogP contribution in [0.4, 0.5) is 0 Å². The molecule has 1 amide bonds. The monoisotopic (exact) mass is 210 g/mol. The molecule has 2 rings (SSSR count). The van der Waals surface area contributed by atoms with Gasteiger partial charge in [0.2, 0.25) is 5.89 Å². The Morgan fingerprint density at radius 1 is 1.73 bits per heavy atom. The molecule has 0 saturated heterocycles. The Morgan fingerprint density at radius 2 is 2.47 bits per heavy atom. The third-order valence-electron chi connectivity index (χ3n) is 2.46. The number of rotatable bonds is 4. The fourth-order valence-corrected chi connectivity index (χ4v) is 1.37. The number of aromatic nitrogens is 2. The normalized spacial score (nSPS) is 17.5. The Bertz CT molecular complexity index is 359. The van der Waals surface area contributed by atoms with Crippen LogP contribution in [0.2, 0.25) is 0 Å². The van der Waals surface area contributed by atoms with Gasteiger partial charge in [0, 0.05) is 19.5 Å². The van der Waals surface area contributed by atoms with Gasteiger partial charge in [0.25, 0.3) is 11.7 Å². The summed E-state index contributed by atoms with van der Waals surface area (Å²) in [6, 6.07) is 0.0435. The number of hydrogen-bond acceptors (Lipinski definition) is 5. The van der Waals surface area contributed by atoms with Gasteiger partial charge in [-0.2, -0.15) is 4.98 Å². The van der Waals surface area contributed by atoms with E-state index < -0.39 is 0 Å². The van der Waals surface area contributed by atoms with E-state index in [1.165, 1.54) is 12.8 Å². The van der Waals surface area contributed by atoms with Crippen molar-refractivity contribution in [3.8, 4) is 0 Å². The van der Waals surface area contributed by atoms with Crippen molar-refractivity contribution in [1.29, 1.82) is 0 Å². The summed E-state index contributed by atoms with van der Waals surface area (Å²) < 4.78 is 4.70. The molecule has 15 heavy (non-hydrogen) atoms. The number of carbonyl (C=O) groups excluding carboxylic acids is 1. The molecule has 1 saturated carbocycles. The molecule has 1 unspecified atom stereocenters. The van der Waals surface area contributed by atoms with E-state index >= 15 is 0 Å². The Morgan fingerprint density at radius 3 is 3.00 bits per heavy atom. The molecule has 1 atom stereocenters. The van der Waals surface area contributed by atoms with Gasteiger partial charge in [-0.25, -0.2) is 0 Å². The first-order valence-electron chi connectivity index (χ1n) is 5.01. The quantitative estimate of drug-likeness (QED) is 0.720. The Labute approximate surface area is 87.2 Å². The fourth-order valence-electron chi connectivity index (χ4n) is 1.37. The van der Waals surface area contributed by atoms with E-state index in [1.54, 1.807) is 6.92 Å². The third-order valence-corrected chi connectivity index (χ3v) is 2.46. The first-order valence-corrected chi connectivity index (χ1v) is 5.01. The van der Waals surface area contributed by atoms with Crippen LogP contribution in [0, 0.1) is 12.8 Å². The number of nitrogens with zero attached hydrogens (tertiary/aromatic N) is 2. The number of amides is 1. The van der Waals surface area contributed by atoms with Crippen molar-refractivity contribution >= 4 is 5.91 Å². The van der Waals surface area contributed by atoms with Crippen molar-refractivity contribution in [3.05, 3.63) is 11.7 Å². The maximum atomic E-state index is 11.5. The van der Waals surface area contributed by atoms with E-state index in [-0.39, 0.29) is 17.8 Å². The molecule has 1 fully saturated rings. The van der Waals surface area contributed by atoms with Crippen molar-refractivity contribution in [1.82, 2.24) is 15.5 Å². The van der Waals surface area contributed by atoms with Gasteiger partial charge in [-0.3, -0.25) is 4.79 Å². The van der Waals surface area contributed by atoms with Crippen LogP contribution in [0.15, 0.2) is 4.52 Å². The summed E-state index contributed by atoms with van der Waals surface area (Å²) in [6.45, 7) is 2.11. The highest BCUT2D eigenvalue weighted by atomic mass is 16.5. The average Bonchev–Trinajstić information content (AvgIpc) is 2.97. The Balaban J connectivity index is 1.81. The third kappa shape index (κ3) is 2.53. The summed E-state index contributed by atoms with van der Waals surface area (Å²) in [5.41, 5.74) is 5.83. The van der Waals surface area contributed by atoms with Gasteiger partial charge in [-0.05, 0) is 18.8 Å². The summed E-state index contributed by atoms with van der Waals surface area (Å²) in [7, 11) is 0. The van der Waals surface area contributed by atoms with Crippen molar-refractivity contribution in [3.63, 3.8) is 0 Å². The molecule has 1 aromatic heterocycles. The highest BCUT2D eigenvalue weighted by Gasteiger charge is 2.28. The zero-order valence-corrected chi connectivity index (χ0v) is 8.56. The van der Waals surface area contributed by atoms with Crippen LogP contribution < -0.4 is 11.1 Å². The zero-order valence-electron chi connectivity index (χ0n) is 8.56. The summed E-state index contributed by atoms with van der Waals surface area (Å²) in [4.78, 5) is 15.3. The second-order valence-electron chi connectivity index (χ2n) is 3.85. The summed E-state index contributed by atoms with van der Waals surface area (Å²) in [5, 5.41) is 6.20. The molecule has 0 radical (unpaired) electrons. The number of aryl methyl sites for hydroxylation is 1. The molecule has 1 aliphatic rings. The van der Waals surface area contributed by atoms with Crippen molar-refractivity contribution in [2.75, 3.05) is 6.54 Å². The zero-order chi connectivity index (χ0) is 10.8. The number of hydrogen-bond donors (Lipinski definition) is 2. The van der Waals surface area contributed by atoms with E-state index in [9.17, 15) is 4.79 Å². The van der Waals surface area contributed by atoms with Crippen molar-refractivity contribution in [2.24, 2.45) is 11.7 Å². The van der Waals surface area contributed by atoms with E-state index in [0.29, 0.717) is 18.4 Å². The summed E-state index contributed by atoms with van der Waals surface area (Å²) >= 11 is 0. The van der Waals surface area contributed by atoms with Crippen LogP contribution in [0.3, 0.4) is 0 Å². The highest BCUT2D eigenvalue weighted by Crippen LogP contribution is 2.31. The molecule has 0 aromatic carbocycles. The van der Waals surface area contributed by atoms with Crippen LogP contribution in [-0.4, -0.2) is 28.6 Å². The summed E-state index contributed by atoms with van der Waals surface area (Å²) in [5.74, 6) is 0.683.